The molecule has 0 radical (unpaired) electrons. The fourth-order valence-corrected chi connectivity index (χ4v) is 3.73. The number of carbonyl (C=O) groups is 2. The largest absolute Gasteiger partial charge is 0.353 e. The fourth-order valence-electron chi connectivity index (χ4n) is 3.73. The minimum Gasteiger partial charge on any atom is -0.353 e. The molecule has 2 aromatic rings. The zero-order valence-corrected chi connectivity index (χ0v) is 14.8. The average molecular weight is 348 g/mol. The van der Waals surface area contributed by atoms with Crippen LogP contribution >= 0.6 is 0 Å². The number of piperidine rings is 1. The monoisotopic (exact) mass is 348 g/mol. The molecule has 1 aliphatic carbocycles. The normalized spacial score (nSPS) is 22.7. The molecule has 26 heavy (non-hydrogen) atoms. The van der Waals surface area contributed by atoms with E-state index in [-0.39, 0.29) is 23.7 Å². The van der Waals surface area contributed by atoms with Crippen molar-refractivity contribution in [3.63, 3.8) is 0 Å². The molecular formula is C22H24N2O2. The zero-order valence-electron chi connectivity index (χ0n) is 14.8. The summed E-state index contributed by atoms with van der Waals surface area (Å²) in [5, 5.41) is 3.12. The van der Waals surface area contributed by atoms with Crippen LogP contribution in [0.4, 0.5) is 0 Å². The smallest absolute Gasteiger partial charge is 0.253 e. The number of rotatable bonds is 4. The number of nitrogens with one attached hydrogen (secondary N) is 1. The third kappa shape index (κ3) is 3.79. The first kappa shape index (κ1) is 16.8. The summed E-state index contributed by atoms with van der Waals surface area (Å²) >= 11 is 0. The van der Waals surface area contributed by atoms with E-state index in [1.165, 1.54) is 5.56 Å². The summed E-state index contributed by atoms with van der Waals surface area (Å²) < 4.78 is 0. The molecule has 2 unspecified atom stereocenters. The van der Waals surface area contributed by atoms with Crippen molar-refractivity contribution in [3.05, 3.63) is 71.8 Å². The number of benzene rings is 2. The highest BCUT2D eigenvalue weighted by Crippen LogP contribution is 2.32. The number of likely N-dealkylation sites (tertiary alicyclic amines) is 1. The lowest BCUT2D eigenvalue weighted by atomic mass is 9.83. The van der Waals surface area contributed by atoms with Gasteiger partial charge in [-0.25, -0.2) is 0 Å². The van der Waals surface area contributed by atoms with Gasteiger partial charge < -0.3 is 10.2 Å². The van der Waals surface area contributed by atoms with Crippen molar-refractivity contribution in [1.29, 1.82) is 0 Å². The summed E-state index contributed by atoms with van der Waals surface area (Å²) in [6, 6.07) is 19.9. The van der Waals surface area contributed by atoms with Gasteiger partial charge in [-0.05, 0) is 37.0 Å². The van der Waals surface area contributed by atoms with Gasteiger partial charge in [-0.15, -0.1) is 0 Å². The van der Waals surface area contributed by atoms with E-state index < -0.39 is 0 Å². The average Bonchev–Trinajstić information content (AvgIpc) is 3.52. The molecule has 2 fully saturated rings. The standard InChI is InChI=1S/C22H24N2O2/c25-21(23-20-11-12-20)19-13-18(16-7-3-1-4-8-16)14-24(15-19)22(26)17-9-5-2-6-10-17/h1-10,18-20H,11-15H2,(H,23,25). The molecule has 2 aromatic carbocycles. The fraction of sp³-hybridized carbons (Fsp3) is 0.364. The van der Waals surface area contributed by atoms with Crippen molar-refractivity contribution in [2.45, 2.75) is 31.2 Å². The Kier molecular flexibility index (Phi) is 4.74. The molecule has 1 saturated carbocycles. The van der Waals surface area contributed by atoms with Gasteiger partial charge in [0.25, 0.3) is 5.91 Å². The van der Waals surface area contributed by atoms with Gasteiger partial charge in [0.1, 0.15) is 0 Å². The second-order valence-electron chi connectivity index (χ2n) is 7.40. The molecule has 4 heteroatoms. The van der Waals surface area contributed by atoms with Crippen molar-refractivity contribution >= 4 is 11.8 Å². The van der Waals surface area contributed by atoms with Crippen LogP contribution in [0.15, 0.2) is 60.7 Å². The van der Waals surface area contributed by atoms with Crippen LogP contribution in [0.25, 0.3) is 0 Å². The molecule has 2 atom stereocenters. The topological polar surface area (TPSA) is 49.4 Å². The maximum Gasteiger partial charge on any atom is 0.253 e. The number of carbonyl (C=O) groups excluding carboxylic acids is 2. The summed E-state index contributed by atoms with van der Waals surface area (Å²) in [5.41, 5.74) is 1.88. The quantitative estimate of drug-likeness (QED) is 0.922. The Balaban J connectivity index is 1.56. The van der Waals surface area contributed by atoms with Gasteiger partial charge in [-0.1, -0.05) is 48.5 Å². The number of amides is 2. The highest BCUT2D eigenvalue weighted by atomic mass is 16.2. The van der Waals surface area contributed by atoms with Gasteiger partial charge >= 0.3 is 0 Å². The minimum absolute atomic E-state index is 0.00968. The molecule has 4 nitrogen and oxygen atoms in total. The van der Waals surface area contributed by atoms with Crippen LogP contribution in [0.1, 0.15) is 41.1 Å². The molecule has 4 rings (SSSR count). The third-order valence-corrected chi connectivity index (χ3v) is 5.32. The molecular weight excluding hydrogens is 324 g/mol. The van der Waals surface area contributed by atoms with E-state index in [1.54, 1.807) is 0 Å². The summed E-state index contributed by atoms with van der Waals surface area (Å²) in [5.74, 6) is 0.143. The number of nitrogens with zero attached hydrogens (tertiary/aromatic N) is 1. The number of hydrogen-bond donors (Lipinski definition) is 1. The van der Waals surface area contributed by atoms with E-state index in [1.807, 2.05) is 53.4 Å². The molecule has 0 aromatic heterocycles. The van der Waals surface area contributed by atoms with Gasteiger partial charge in [0.05, 0.1) is 5.92 Å². The lowest BCUT2D eigenvalue weighted by molar-refractivity contribution is -0.126. The Morgan fingerprint density at radius 1 is 0.885 bits per heavy atom. The van der Waals surface area contributed by atoms with Crippen LogP contribution in [-0.4, -0.2) is 35.8 Å². The van der Waals surface area contributed by atoms with Crippen molar-refractivity contribution in [3.8, 4) is 0 Å². The molecule has 1 heterocycles. The van der Waals surface area contributed by atoms with E-state index in [2.05, 4.69) is 17.4 Å². The van der Waals surface area contributed by atoms with E-state index in [0.717, 1.165) is 19.3 Å². The van der Waals surface area contributed by atoms with E-state index in [0.29, 0.717) is 24.7 Å². The maximum atomic E-state index is 13.0. The number of hydrogen-bond acceptors (Lipinski definition) is 2. The molecule has 134 valence electrons. The van der Waals surface area contributed by atoms with E-state index >= 15 is 0 Å². The van der Waals surface area contributed by atoms with Crippen molar-refractivity contribution in [1.82, 2.24) is 10.2 Å². The van der Waals surface area contributed by atoms with Crippen molar-refractivity contribution in [2.24, 2.45) is 5.92 Å². The van der Waals surface area contributed by atoms with E-state index in [9.17, 15) is 9.59 Å². The summed E-state index contributed by atoms with van der Waals surface area (Å²) in [4.78, 5) is 27.5. The van der Waals surface area contributed by atoms with Crippen molar-refractivity contribution < 1.29 is 9.59 Å². The Hall–Kier alpha value is -2.62. The Labute approximate surface area is 154 Å². The summed E-state index contributed by atoms with van der Waals surface area (Å²) in [6.07, 6.45) is 2.95. The summed E-state index contributed by atoms with van der Waals surface area (Å²) in [6.45, 7) is 1.15. The highest BCUT2D eigenvalue weighted by Gasteiger charge is 2.36. The first-order chi connectivity index (χ1) is 12.7. The Morgan fingerprint density at radius 3 is 2.19 bits per heavy atom. The SMILES string of the molecule is O=C(NC1CC1)C1CC(c2ccccc2)CN(C(=O)c2ccccc2)C1. The van der Waals surface area contributed by atoms with Gasteiger partial charge in [0, 0.05) is 30.6 Å². The molecule has 2 aliphatic rings. The third-order valence-electron chi connectivity index (χ3n) is 5.32. The molecule has 1 N–H and O–H groups in total. The molecule has 2 amide bonds. The Morgan fingerprint density at radius 2 is 1.54 bits per heavy atom. The van der Waals surface area contributed by atoms with Crippen LogP contribution in [-0.2, 0) is 4.79 Å². The van der Waals surface area contributed by atoms with Gasteiger partial charge in [-0.3, -0.25) is 9.59 Å². The van der Waals surface area contributed by atoms with Crippen LogP contribution in [0, 0.1) is 5.92 Å². The Bertz CT molecular complexity index is 771. The molecule has 1 aliphatic heterocycles. The molecule has 1 saturated heterocycles. The zero-order chi connectivity index (χ0) is 17.9. The predicted octanol–water partition coefficient (Wildman–Crippen LogP) is 3.21. The lowest BCUT2D eigenvalue weighted by Gasteiger charge is -2.37. The van der Waals surface area contributed by atoms with Gasteiger partial charge in [0.15, 0.2) is 0 Å². The van der Waals surface area contributed by atoms with Crippen LogP contribution in [0.3, 0.4) is 0 Å². The molecule has 0 bridgehead atoms. The van der Waals surface area contributed by atoms with Crippen LogP contribution in [0.5, 0.6) is 0 Å². The second-order valence-corrected chi connectivity index (χ2v) is 7.40. The first-order valence-electron chi connectivity index (χ1n) is 9.40. The highest BCUT2D eigenvalue weighted by molar-refractivity contribution is 5.94. The van der Waals surface area contributed by atoms with Gasteiger partial charge in [0.2, 0.25) is 5.91 Å². The van der Waals surface area contributed by atoms with E-state index in [4.69, 9.17) is 0 Å². The van der Waals surface area contributed by atoms with Crippen LogP contribution in [0.2, 0.25) is 0 Å². The first-order valence-corrected chi connectivity index (χ1v) is 9.40. The lowest BCUT2D eigenvalue weighted by Crippen LogP contribution is -2.48. The maximum absolute atomic E-state index is 13.0. The minimum atomic E-state index is -0.151. The van der Waals surface area contributed by atoms with Crippen LogP contribution < -0.4 is 5.32 Å². The second kappa shape index (κ2) is 7.32. The molecule has 0 spiro atoms. The van der Waals surface area contributed by atoms with Gasteiger partial charge in [-0.2, -0.15) is 0 Å². The predicted molar refractivity (Wildman–Crippen MR) is 101 cm³/mol. The summed E-state index contributed by atoms with van der Waals surface area (Å²) in [7, 11) is 0. The van der Waals surface area contributed by atoms with Crippen molar-refractivity contribution in [2.75, 3.05) is 13.1 Å².